The lowest BCUT2D eigenvalue weighted by molar-refractivity contribution is 0.356. The molecule has 0 saturated heterocycles. The smallest absolute Gasteiger partial charge is 0.262 e. The van der Waals surface area contributed by atoms with Crippen molar-refractivity contribution >= 4 is 31.4 Å². The molecule has 0 spiro atoms. The van der Waals surface area contributed by atoms with Crippen LogP contribution in [0.3, 0.4) is 0 Å². The van der Waals surface area contributed by atoms with Gasteiger partial charge < -0.3 is 9.47 Å². The van der Waals surface area contributed by atoms with Gasteiger partial charge in [0.05, 0.1) is 34.9 Å². The predicted molar refractivity (Wildman–Crippen MR) is 117 cm³/mol. The van der Waals surface area contributed by atoms with Crippen molar-refractivity contribution in [3.63, 3.8) is 0 Å². The van der Waals surface area contributed by atoms with Crippen molar-refractivity contribution in [2.45, 2.75) is 16.2 Å². The van der Waals surface area contributed by atoms with Crippen molar-refractivity contribution in [1.29, 1.82) is 0 Å². The summed E-state index contributed by atoms with van der Waals surface area (Å²) in [5.41, 5.74) is 1.22. The Morgan fingerprint density at radius 2 is 1.58 bits per heavy atom. The largest absolute Gasteiger partial charge is 0.495 e. The van der Waals surface area contributed by atoms with Gasteiger partial charge in [-0.15, -0.1) is 0 Å². The van der Waals surface area contributed by atoms with E-state index >= 15 is 0 Å². The Labute approximate surface area is 180 Å². The molecule has 4 rings (SSSR count). The number of methoxy groups -OCH3 is 1. The quantitative estimate of drug-likeness (QED) is 0.560. The second kappa shape index (κ2) is 8.12. The number of nitrogens with one attached hydrogen (secondary N) is 2. The van der Waals surface area contributed by atoms with Crippen molar-refractivity contribution < 1.29 is 26.3 Å². The van der Waals surface area contributed by atoms with Crippen LogP contribution in [0.5, 0.6) is 11.5 Å². The van der Waals surface area contributed by atoms with Crippen molar-refractivity contribution in [2.75, 3.05) is 23.2 Å². The van der Waals surface area contributed by atoms with Crippen LogP contribution in [0.25, 0.3) is 0 Å². The molecule has 8 nitrogen and oxygen atoms in total. The van der Waals surface area contributed by atoms with Gasteiger partial charge in [0.2, 0.25) is 0 Å². The zero-order valence-electron chi connectivity index (χ0n) is 16.5. The highest BCUT2D eigenvalue weighted by molar-refractivity contribution is 7.93. The van der Waals surface area contributed by atoms with Crippen LogP contribution in [0.15, 0.2) is 76.5 Å². The van der Waals surface area contributed by atoms with Crippen LogP contribution in [0.1, 0.15) is 5.56 Å². The van der Waals surface area contributed by atoms with Gasteiger partial charge in [0, 0.05) is 6.42 Å². The molecule has 0 aromatic heterocycles. The van der Waals surface area contributed by atoms with Crippen LogP contribution in [0.4, 0.5) is 11.4 Å². The summed E-state index contributed by atoms with van der Waals surface area (Å²) in [4.78, 5) is -0.0156. The molecular formula is C21H20N2O6S2. The van der Waals surface area contributed by atoms with Gasteiger partial charge in [0.1, 0.15) is 11.5 Å². The Kier molecular flexibility index (Phi) is 5.50. The highest BCUT2D eigenvalue weighted by atomic mass is 32.2. The molecule has 0 fully saturated rings. The van der Waals surface area contributed by atoms with Crippen LogP contribution in [-0.4, -0.2) is 30.6 Å². The van der Waals surface area contributed by atoms with Gasteiger partial charge in [-0.25, -0.2) is 16.8 Å². The van der Waals surface area contributed by atoms with Gasteiger partial charge in [-0.1, -0.05) is 18.2 Å². The maximum absolute atomic E-state index is 12.8. The van der Waals surface area contributed by atoms with E-state index in [0.29, 0.717) is 24.5 Å². The molecule has 10 heteroatoms. The molecule has 0 saturated carbocycles. The minimum absolute atomic E-state index is 0.0807. The Morgan fingerprint density at radius 3 is 2.39 bits per heavy atom. The summed E-state index contributed by atoms with van der Waals surface area (Å²) in [7, 11) is -6.45. The van der Waals surface area contributed by atoms with E-state index < -0.39 is 20.0 Å². The molecule has 0 atom stereocenters. The molecule has 3 aromatic rings. The zero-order valence-corrected chi connectivity index (χ0v) is 18.2. The summed E-state index contributed by atoms with van der Waals surface area (Å²) >= 11 is 0. The standard InChI is InChI=1S/C21H20N2O6S2/c1-28-21-8-3-2-7-19(21)23-31(26,27)17-6-4-5-16(14-17)22-30(24,25)18-9-10-20-15(13-18)11-12-29-20/h2-10,13-14,22-23H,11-12H2,1H3. The maximum atomic E-state index is 12.8. The fourth-order valence-corrected chi connectivity index (χ4v) is 5.42. The first kappa shape index (κ1) is 21.0. The summed E-state index contributed by atoms with van der Waals surface area (Å²) in [5, 5.41) is 0. The van der Waals surface area contributed by atoms with E-state index in [-0.39, 0.29) is 21.2 Å². The third-order valence-electron chi connectivity index (χ3n) is 4.72. The number of ether oxygens (including phenoxy) is 2. The van der Waals surface area contributed by atoms with Crippen molar-refractivity contribution in [3.05, 3.63) is 72.3 Å². The molecule has 1 aliphatic rings. The molecule has 2 N–H and O–H groups in total. The highest BCUT2D eigenvalue weighted by Gasteiger charge is 2.21. The monoisotopic (exact) mass is 460 g/mol. The third kappa shape index (κ3) is 4.44. The summed E-state index contributed by atoms with van der Waals surface area (Å²) in [6.45, 7) is 0.519. The average Bonchev–Trinajstić information content (AvgIpc) is 3.22. The van der Waals surface area contributed by atoms with Gasteiger partial charge in [0.25, 0.3) is 20.0 Å². The molecule has 0 aliphatic carbocycles. The fourth-order valence-electron chi connectivity index (χ4n) is 3.20. The lowest BCUT2D eigenvalue weighted by atomic mass is 10.2. The van der Waals surface area contributed by atoms with E-state index in [0.717, 1.165) is 5.56 Å². The van der Waals surface area contributed by atoms with Crippen molar-refractivity contribution in [2.24, 2.45) is 0 Å². The second-order valence-corrected chi connectivity index (χ2v) is 10.2. The number of sulfonamides is 2. The molecule has 3 aromatic carbocycles. The highest BCUT2D eigenvalue weighted by Crippen LogP contribution is 2.30. The van der Waals surface area contributed by atoms with Gasteiger partial charge in [0.15, 0.2) is 0 Å². The molecule has 0 unspecified atom stereocenters. The summed E-state index contributed by atoms with van der Waals surface area (Å²) in [6.07, 6.45) is 0.640. The first-order valence-electron chi connectivity index (χ1n) is 9.33. The van der Waals surface area contributed by atoms with Crippen molar-refractivity contribution in [1.82, 2.24) is 0 Å². The number of hydrogen-bond acceptors (Lipinski definition) is 6. The number of para-hydroxylation sites is 2. The Balaban J connectivity index is 1.59. The fraction of sp³-hybridized carbons (Fsp3) is 0.143. The number of hydrogen-bond donors (Lipinski definition) is 2. The van der Waals surface area contributed by atoms with Crippen LogP contribution in [0.2, 0.25) is 0 Å². The van der Waals surface area contributed by atoms with E-state index in [4.69, 9.17) is 9.47 Å². The number of rotatable bonds is 7. The molecular weight excluding hydrogens is 440 g/mol. The van der Waals surface area contributed by atoms with Gasteiger partial charge in [-0.3, -0.25) is 9.44 Å². The molecule has 31 heavy (non-hydrogen) atoms. The molecule has 162 valence electrons. The second-order valence-electron chi connectivity index (χ2n) is 6.81. The Morgan fingerprint density at radius 1 is 0.839 bits per heavy atom. The molecule has 1 heterocycles. The minimum Gasteiger partial charge on any atom is -0.495 e. The first-order valence-corrected chi connectivity index (χ1v) is 12.3. The van der Waals surface area contributed by atoms with Crippen LogP contribution in [0, 0.1) is 0 Å². The summed E-state index contributed by atoms with van der Waals surface area (Å²) in [5.74, 6) is 1.04. The van der Waals surface area contributed by atoms with Crippen LogP contribution >= 0.6 is 0 Å². The first-order chi connectivity index (χ1) is 14.8. The van der Waals surface area contributed by atoms with Crippen LogP contribution in [-0.2, 0) is 26.5 Å². The van der Waals surface area contributed by atoms with Crippen molar-refractivity contribution in [3.8, 4) is 11.5 Å². The normalized spacial score (nSPS) is 13.2. The SMILES string of the molecule is COc1ccccc1NS(=O)(=O)c1cccc(NS(=O)(=O)c2ccc3c(c2)CCO3)c1. The lowest BCUT2D eigenvalue weighted by Crippen LogP contribution is -2.16. The number of anilines is 2. The molecule has 1 aliphatic heterocycles. The summed E-state index contributed by atoms with van der Waals surface area (Å²) < 4.78 is 66.7. The van der Waals surface area contributed by atoms with E-state index in [9.17, 15) is 16.8 Å². The third-order valence-corrected chi connectivity index (χ3v) is 7.46. The topological polar surface area (TPSA) is 111 Å². The van der Waals surface area contributed by atoms with Crippen LogP contribution < -0.4 is 18.9 Å². The molecule has 0 bridgehead atoms. The van der Waals surface area contributed by atoms with E-state index in [1.807, 2.05) is 0 Å². The zero-order chi connectivity index (χ0) is 22.1. The minimum atomic E-state index is -3.98. The predicted octanol–water partition coefficient (Wildman–Crippen LogP) is 3.23. The molecule has 0 amide bonds. The average molecular weight is 461 g/mol. The van der Waals surface area contributed by atoms with Gasteiger partial charge in [-0.2, -0.15) is 0 Å². The maximum Gasteiger partial charge on any atom is 0.262 e. The van der Waals surface area contributed by atoms with Gasteiger partial charge in [-0.05, 0) is 54.1 Å². The Hall–Kier alpha value is -3.24. The molecule has 0 radical (unpaired) electrons. The van der Waals surface area contributed by atoms with E-state index in [1.54, 1.807) is 36.4 Å². The summed E-state index contributed by atoms with van der Waals surface area (Å²) in [6, 6.07) is 16.8. The van der Waals surface area contributed by atoms with Gasteiger partial charge >= 0.3 is 0 Å². The Bertz CT molecular complexity index is 1340. The lowest BCUT2D eigenvalue weighted by Gasteiger charge is -2.13. The number of benzene rings is 3. The van der Waals surface area contributed by atoms with E-state index in [2.05, 4.69) is 9.44 Å². The number of fused-ring (bicyclic) bond motifs is 1. The van der Waals surface area contributed by atoms with E-state index in [1.165, 1.54) is 37.4 Å².